The van der Waals surface area contributed by atoms with E-state index in [9.17, 15) is 37.9 Å². The summed E-state index contributed by atoms with van der Waals surface area (Å²) in [6.45, 7) is 3.76. The summed E-state index contributed by atoms with van der Waals surface area (Å²) >= 11 is 0. The molecule has 0 aromatic rings. The molecule has 1 aliphatic heterocycles. The van der Waals surface area contributed by atoms with Gasteiger partial charge in [0.15, 0.2) is 12.4 Å². The normalized spacial score (nSPS) is 20.0. The van der Waals surface area contributed by atoms with Crippen LogP contribution in [-0.4, -0.2) is 96.0 Å². The SMILES string of the molecule is CCCCC/C=C\C/C=C\CCCCCCCCCC(=O)OC(COC(=O)CCCCCCCCCCCCCCCCCCC)COC1OC(CS(=O)(=O)O)C(O)C(O)C1O. The molecule has 0 aromatic heterocycles. The van der Waals surface area contributed by atoms with E-state index in [0.29, 0.717) is 12.8 Å². The van der Waals surface area contributed by atoms with Crippen molar-refractivity contribution >= 4 is 22.1 Å². The lowest BCUT2D eigenvalue weighted by molar-refractivity contribution is -0.297. The molecular weight excluding hydrogens is 813 g/mol. The van der Waals surface area contributed by atoms with Gasteiger partial charge >= 0.3 is 11.9 Å². The molecule has 0 saturated carbocycles. The molecule has 1 fully saturated rings. The molecule has 1 aliphatic rings. The molecule has 1 saturated heterocycles. The van der Waals surface area contributed by atoms with Crippen LogP contribution in [0.15, 0.2) is 24.3 Å². The first-order valence-electron chi connectivity index (χ1n) is 24.9. The zero-order valence-electron chi connectivity index (χ0n) is 39.0. The Hall–Kier alpha value is -1.87. The van der Waals surface area contributed by atoms with Gasteiger partial charge in [0.2, 0.25) is 0 Å². The van der Waals surface area contributed by atoms with E-state index in [1.54, 1.807) is 0 Å². The minimum atomic E-state index is -4.60. The van der Waals surface area contributed by atoms with E-state index in [4.69, 9.17) is 18.9 Å². The van der Waals surface area contributed by atoms with Crippen molar-refractivity contribution in [2.75, 3.05) is 19.0 Å². The number of hydrogen-bond donors (Lipinski definition) is 4. The summed E-state index contributed by atoms with van der Waals surface area (Å²) in [5.41, 5.74) is 0. The minimum absolute atomic E-state index is 0.158. The highest BCUT2D eigenvalue weighted by molar-refractivity contribution is 7.85. The lowest BCUT2D eigenvalue weighted by Crippen LogP contribution is -2.60. The number of carbonyl (C=O) groups excluding carboxylic acids is 2. The van der Waals surface area contributed by atoms with Gasteiger partial charge in [-0.2, -0.15) is 8.42 Å². The Bertz CT molecular complexity index is 1240. The molecule has 13 heteroatoms. The molecule has 6 unspecified atom stereocenters. The van der Waals surface area contributed by atoms with Crippen LogP contribution < -0.4 is 0 Å². The first-order valence-corrected chi connectivity index (χ1v) is 26.5. The predicted octanol–water partition coefficient (Wildman–Crippen LogP) is 10.8. The standard InChI is InChI=1S/C49H90O12S/c1-3-5-7-9-11-13-15-17-19-21-23-25-27-29-31-33-35-37-44(50)58-39-42(40-59-49-48(54)47(53)46(52)43(61-49)41-62(55,56)57)60-45(51)38-36-34-32-30-28-26-24-22-20-18-16-14-12-10-8-6-4-2/h12,14,18,20,42-43,46-49,52-54H,3-11,13,15-17,19,21-41H2,1-2H3,(H,55,56,57)/b14-12-,20-18-. The van der Waals surface area contributed by atoms with E-state index < -0.39 is 71.2 Å². The van der Waals surface area contributed by atoms with Crippen molar-refractivity contribution < 1.29 is 56.8 Å². The number of aliphatic hydroxyl groups excluding tert-OH is 3. The summed E-state index contributed by atoms with van der Waals surface area (Å²) in [5.74, 6) is -1.98. The molecule has 0 bridgehead atoms. The van der Waals surface area contributed by atoms with E-state index >= 15 is 0 Å². The molecule has 0 radical (unpaired) electrons. The summed E-state index contributed by atoms with van der Waals surface area (Å²) in [6.07, 6.45) is 35.0. The number of hydrogen-bond acceptors (Lipinski definition) is 11. The quantitative estimate of drug-likeness (QED) is 0.0197. The summed E-state index contributed by atoms with van der Waals surface area (Å²) in [5, 5.41) is 30.9. The van der Waals surface area contributed by atoms with Crippen LogP contribution in [0.5, 0.6) is 0 Å². The highest BCUT2D eigenvalue weighted by Crippen LogP contribution is 2.24. The van der Waals surface area contributed by atoms with Gasteiger partial charge in [-0.15, -0.1) is 0 Å². The summed E-state index contributed by atoms with van der Waals surface area (Å²) in [7, 11) is -4.60. The Kier molecular flexibility index (Phi) is 37.0. The van der Waals surface area contributed by atoms with Crippen molar-refractivity contribution in [2.45, 2.75) is 256 Å². The number of aliphatic hydroxyl groups is 3. The fraction of sp³-hybridized carbons (Fsp3) is 0.878. The molecule has 4 N–H and O–H groups in total. The van der Waals surface area contributed by atoms with Gasteiger partial charge in [0.25, 0.3) is 10.1 Å². The van der Waals surface area contributed by atoms with Crippen LogP contribution in [0.3, 0.4) is 0 Å². The van der Waals surface area contributed by atoms with Crippen LogP contribution in [0.1, 0.15) is 219 Å². The second-order valence-electron chi connectivity index (χ2n) is 17.5. The van der Waals surface area contributed by atoms with Crippen molar-refractivity contribution in [3.63, 3.8) is 0 Å². The Morgan fingerprint density at radius 3 is 1.45 bits per heavy atom. The number of rotatable bonds is 42. The Labute approximate surface area is 377 Å². The van der Waals surface area contributed by atoms with Crippen LogP contribution in [0.2, 0.25) is 0 Å². The highest BCUT2D eigenvalue weighted by atomic mass is 32.2. The maximum atomic E-state index is 12.8. The van der Waals surface area contributed by atoms with Gasteiger partial charge in [0.1, 0.15) is 36.8 Å². The van der Waals surface area contributed by atoms with Crippen molar-refractivity contribution in [3.8, 4) is 0 Å². The van der Waals surface area contributed by atoms with Gasteiger partial charge in [-0.05, 0) is 44.9 Å². The van der Waals surface area contributed by atoms with Crippen molar-refractivity contribution in [3.05, 3.63) is 24.3 Å². The third-order valence-electron chi connectivity index (χ3n) is 11.5. The van der Waals surface area contributed by atoms with Gasteiger partial charge in [0.05, 0.1) is 6.61 Å². The number of carbonyl (C=O) groups is 2. The zero-order valence-corrected chi connectivity index (χ0v) is 39.8. The van der Waals surface area contributed by atoms with Gasteiger partial charge in [-0.3, -0.25) is 14.1 Å². The predicted molar refractivity (Wildman–Crippen MR) is 247 cm³/mol. The maximum Gasteiger partial charge on any atom is 0.306 e. The fourth-order valence-electron chi connectivity index (χ4n) is 7.65. The molecular formula is C49H90O12S. The van der Waals surface area contributed by atoms with Crippen LogP contribution in [0.4, 0.5) is 0 Å². The average molecular weight is 903 g/mol. The molecule has 1 heterocycles. The lowest BCUT2D eigenvalue weighted by atomic mass is 10.00. The molecule has 0 amide bonds. The number of allylic oxidation sites excluding steroid dienone is 4. The molecule has 0 aromatic carbocycles. The van der Waals surface area contributed by atoms with E-state index in [2.05, 4.69) is 38.2 Å². The third-order valence-corrected chi connectivity index (χ3v) is 12.3. The summed E-state index contributed by atoms with van der Waals surface area (Å²) in [4.78, 5) is 25.5. The van der Waals surface area contributed by atoms with Crippen molar-refractivity contribution in [1.82, 2.24) is 0 Å². The van der Waals surface area contributed by atoms with Crippen LogP contribution >= 0.6 is 0 Å². The Morgan fingerprint density at radius 1 is 0.548 bits per heavy atom. The molecule has 364 valence electrons. The highest BCUT2D eigenvalue weighted by Gasteiger charge is 2.46. The third kappa shape index (κ3) is 33.6. The van der Waals surface area contributed by atoms with Crippen molar-refractivity contribution in [2.24, 2.45) is 0 Å². The summed E-state index contributed by atoms with van der Waals surface area (Å²) in [6, 6.07) is 0. The topological polar surface area (TPSA) is 186 Å². The second kappa shape index (κ2) is 39.5. The van der Waals surface area contributed by atoms with Crippen molar-refractivity contribution in [1.29, 1.82) is 0 Å². The van der Waals surface area contributed by atoms with Gasteiger partial charge in [-0.1, -0.05) is 186 Å². The van der Waals surface area contributed by atoms with Crippen LogP contribution in [-0.2, 0) is 38.7 Å². The van der Waals surface area contributed by atoms with Gasteiger partial charge in [-0.25, -0.2) is 0 Å². The fourth-order valence-corrected chi connectivity index (χ4v) is 8.34. The molecule has 62 heavy (non-hydrogen) atoms. The summed E-state index contributed by atoms with van der Waals surface area (Å²) < 4.78 is 54.2. The van der Waals surface area contributed by atoms with Crippen LogP contribution in [0, 0.1) is 0 Å². The molecule has 6 atom stereocenters. The van der Waals surface area contributed by atoms with Gasteiger partial charge < -0.3 is 34.3 Å². The number of ether oxygens (including phenoxy) is 4. The van der Waals surface area contributed by atoms with E-state index in [-0.39, 0.29) is 19.4 Å². The average Bonchev–Trinajstić information content (AvgIpc) is 3.24. The number of esters is 2. The Balaban J connectivity index is 2.39. The second-order valence-corrected chi connectivity index (χ2v) is 19.0. The van der Waals surface area contributed by atoms with E-state index in [1.807, 2.05) is 0 Å². The molecule has 1 rings (SSSR count). The van der Waals surface area contributed by atoms with Crippen LogP contribution in [0.25, 0.3) is 0 Å². The van der Waals surface area contributed by atoms with E-state index in [0.717, 1.165) is 57.8 Å². The minimum Gasteiger partial charge on any atom is -0.462 e. The lowest BCUT2D eigenvalue weighted by Gasteiger charge is -2.40. The zero-order chi connectivity index (χ0) is 45.5. The molecule has 0 aliphatic carbocycles. The number of unbranched alkanes of at least 4 members (excludes halogenated alkanes) is 26. The molecule has 12 nitrogen and oxygen atoms in total. The largest absolute Gasteiger partial charge is 0.462 e. The monoisotopic (exact) mass is 903 g/mol. The maximum absolute atomic E-state index is 12.8. The van der Waals surface area contributed by atoms with Gasteiger partial charge in [0, 0.05) is 12.8 Å². The van der Waals surface area contributed by atoms with E-state index in [1.165, 1.54) is 122 Å². The molecule has 0 spiro atoms. The Morgan fingerprint density at radius 2 is 0.968 bits per heavy atom. The first kappa shape index (κ1) is 58.1. The smallest absolute Gasteiger partial charge is 0.306 e. The first-order chi connectivity index (χ1) is 30.0.